The first-order chi connectivity index (χ1) is 11.2. The Morgan fingerprint density at radius 3 is 2.96 bits per heavy atom. The van der Waals surface area contributed by atoms with Crippen molar-refractivity contribution < 1.29 is 14.3 Å². The van der Waals surface area contributed by atoms with Gasteiger partial charge in [0.25, 0.3) is 5.91 Å². The molecule has 5 nitrogen and oxygen atoms in total. The second-order valence-electron chi connectivity index (χ2n) is 6.76. The lowest BCUT2D eigenvalue weighted by Crippen LogP contribution is -2.31. The largest absolute Gasteiger partial charge is 0.373 e. The highest BCUT2D eigenvalue weighted by Gasteiger charge is 2.39. The van der Waals surface area contributed by atoms with Crippen LogP contribution in [0, 0.1) is 5.92 Å². The highest BCUT2D eigenvalue weighted by molar-refractivity contribution is 7.14. The first kappa shape index (κ1) is 15.1. The van der Waals surface area contributed by atoms with Crippen molar-refractivity contribution in [3.63, 3.8) is 0 Å². The number of hydrogen-bond acceptors (Lipinski definition) is 4. The van der Waals surface area contributed by atoms with Gasteiger partial charge in [-0.25, -0.2) is 0 Å². The number of hydrogen-bond donors (Lipinski definition) is 1. The first-order valence-electron chi connectivity index (χ1n) is 8.49. The second kappa shape index (κ2) is 6.24. The third kappa shape index (κ3) is 3.28. The van der Waals surface area contributed by atoms with Crippen LogP contribution < -0.4 is 5.32 Å². The SMILES string of the molecule is O=C(NC[C@@H]1CC(=O)N(C2CC2)C1)c1ccc([C@@H]2CCCO2)s1. The number of ether oxygens (including phenoxy) is 1. The van der Waals surface area contributed by atoms with E-state index in [1.165, 1.54) is 11.3 Å². The number of nitrogens with zero attached hydrogens (tertiary/aromatic N) is 1. The van der Waals surface area contributed by atoms with Crippen LogP contribution in [0.15, 0.2) is 12.1 Å². The minimum atomic E-state index is -0.0310. The molecule has 2 saturated heterocycles. The van der Waals surface area contributed by atoms with Crippen LogP contribution in [0.3, 0.4) is 0 Å². The van der Waals surface area contributed by atoms with Crippen molar-refractivity contribution in [1.82, 2.24) is 10.2 Å². The Hall–Kier alpha value is -1.40. The average molecular weight is 334 g/mol. The summed E-state index contributed by atoms with van der Waals surface area (Å²) in [6.45, 7) is 2.20. The Labute approximate surface area is 140 Å². The number of thiophene rings is 1. The molecule has 0 aromatic carbocycles. The quantitative estimate of drug-likeness (QED) is 0.899. The van der Waals surface area contributed by atoms with Crippen molar-refractivity contribution in [1.29, 1.82) is 0 Å². The maximum Gasteiger partial charge on any atom is 0.261 e. The van der Waals surface area contributed by atoms with Gasteiger partial charge in [-0.15, -0.1) is 11.3 Å². The Bertz CT molecular complexity index is 605. The summed E-state index contributed by atoms with van der Waals surface area (Å²) >= 11 is 1.52. The van der Waals surface area contributed by atoms with E-state index in [9.17, 15) is 9.59 Å². The minimum absolute atomic E-state index is 0.0310. The molecule has 0 unspecified atom stereocenters. The van der Waals surface area contributed by atoms with E-state index in [-0.39, 0.29) is 23.8 Å². The number of carbonyl (C=O) groups is 2. The van der Waals surface area contributed by atoms with Gasteiger partial charge in [-0.3, -0.25) is 9.59 Å². The maximum atomic E-state index is 12.3. The molecule has 23 heavy (non-hydrogen) atoms. The van der Waals surface area contributed by atoms with Crippen LogP contribution >= 0.6 is 11.3 Å². The highest BCUT2D eigenvalue weighted by Crippen LogP contribution is 2.34. The summed E-state index contributed by atoms with van der Waals surface area (Å²) in [5.41, 5.74) is 0. The molecule has 0 radical (unpaired) electrons. The van der Waals surface area contributed by atoms with E-state index in [2.05, 4.69) is 5.32 Å². The van der Waals surface area contributed by atoms with E-state index in [0.717, 1.165) is 48.6 Å². The zero-order valence-corrected chi connectivity index (χ0v) is 13.9. The predicted octanol–water partition coefficient (Wildman–Crippen LogP) is 2.34. The van der Waals surface area contributed by atoms with Crippen molar-refractivity contribution in [3.8, 4) is 0 Å². The highest BCUT2D eigenvalue weighted by atomic mass is 32.1. The molecule has 0 spiro atoms. The standard InChI is InChI=1S/C17H22N2O3S/c20-16-8-11(10-19(16)12-3-4-12)9-18-17(21)15-6-5-14(23-15)13-2-1-7-22-13/h5-6,11-13H,1-4,7-10H2,(H,18,21)/t11-,13-/m0/s1. The molecule has 4 rings (SSSR count). The van der Waals surface area contributed by atoms with Crippen molar-refractivity contribution in [2.24, 2.45) is 5.92 Å². The number of nitrogens with one attached hydrogen (secondary N) is 1. The molecule has 6 heteroatoms. The van der Waals surface area contributed by atoms with Gasteiger partial charge in [0, 0.05) is 43.0 Å². The van der Waals surface area contributed by atoms with E-state index in [0.29, 0.717) is 19.0 Å². The van der Waals surface area contributed by atoms with Gasteiger partial charge >= 0.3 is 0 Å². The molecule has 1 aromatic rings. The summed E-state index contributed by atoms with van der Waals surface area (Å²) in [6, 6.07) is 4.37. The van der Waals surface area contributed by atoms with Gasteiger partial charge in [0.2, 0.25) is 5.91 Å². The lowest BCUT2D eigenvalue weighted by molar-refractivity contribution is -0.128. The summed E-state index contributed by atoms with van der Waals surface area (Å²) in [5, 5.41) is 3.00. The summed E-state index contributed by atoms with van der Waals surface area (Å²) < 4.78 is 5.66. The van der Waals surface area contributed by atoms with E-state index in [1.807, 2.05) is 17.0 Å². The molecule has 1 N–H and O–H groups in total. The molecule has 1 aromatic heterocycles. The number of amides is 2. The lowest BCUT2D eigenvalue weighted by Gasteiger charge is -2.15. The fraction of sp³-hybridized carbons (Fsp3) is 0.647. The van der Waals surface area contributed by atoms with Crippen LogP contribution in [-0.4, -0.2) is 42.5 Å². The number of carbonyl (C=O) groups excluding carboxylic acids is 2. The van der Waals surface area contributed by atoms with E-state index < -0.39 is 0 Å². The average Bonchev–Trinajstić information content (AvgIpc) is 2.98. The number of rotatable bonds is 5. The van der Waals surface area contributed by atoms with E-state index in [1.54, 1.807) is 0 Å². The molecule has 124 valence electrons. The molecular formula is C17H22N2O3S. The summed E-state index contributed by atoms with van der Waals surface area (Å²) in [5.74, 6) is 0.477. The lowest BCUT2D eigenvalue weighted by atomic mass is 10.1. The fourth-order valence-electron chi connectivity index (χ4n) is 3.46. The zero-order valence-electron chi connectivity index (χ0n) is 13.1. The Balaban J connectivity index is 1.29. The second-order valence-corrected chi connectivity index (χ2v) is 7.88. The monoisotopic (exact) mass is 334 g/mol. The van der Waals surface area contributed by atoms with Crippen LogP contribution in [0.4, 0.5) is 0 Å². The summed E-state index contributed by atoms with van der Waals surface area (Å²) in [7, 11) is 0. The first-order valence-corrected chi connectivity index (χ1v) is 9.31. The summed E-state index contributed by atoms with van der Waals surface area (Å²) in [4.78, 5) is 28.1. The predicted molar refractivity (Wildman–Crippen MR) is 87.4 cm³/mol. The normalized spacial score (nSPS) is 27.7. The molecule has 3 fully saturated rings. The van der Waals surface area contributed by atoms with Crippen LogP contribution in [0.25, 0.3) is 0 Å². The van der Waals surface area contributed by atoms with Crippen molar-refractivity contribution in [3.05, 3.63) is 21.9 Å². The molecule has 1 saturated carbocycles. The fourth-order valence-corrected chi connectivity index (χ4v) is 4.47. The third-order valence-corrected chi connectivity index (χ3v) is 6.05. The van der Waals surface area contributed by atoms with Gasteiger partial charge in [0.05, 0.1) is 11.0 Å². The Kier molecular flexibility index (Phi) is 4.11. The smallest absolute Gasteiger partial charge is 0.261 e. The van der Waals surface area contributed by atoms with Crippen LogP contribution in [0.1, 0.15) is 52.8 Å². The molecular weight excluding hydrogens is 312 g/mol. The van der Waals surface area contributed by atoms with E-state index >= 15 is 0 Å². The maximum absolute atomic E-state index is 12.3. The Morgan fingerprint density at radius 2 is 2.22 bits per heavy atom. The van der Waals surface area contributed by atoms with Crippen LogP contribution in [0.5, 0.6) is 0 Å². The molecule has 2 atom stereocenters. The minimum Gasteiger partial charge on any atom is -0.373 e. The number of likely N-dealkylation sites (tertiary alicyclic amines) is 1. The summed E-state index contributed by atoms with van der Waals surface area (Å²) in [6.07, 6.45) is 5.17. The molecule has 3 aliphatic rings. The molecule has 2 aliphatic heterocycles. The molecule has 1 aliphatic carbocycles. The van der Waals surface area contributed by atoms with Gasteiger partial charge in [-0.1, -0.05) is 0 Å². The molecule has 3 heterocycles. The zero-order chi connectivity index (χ0) is 15.8. The van der Waals surface area contributed by atoms with Crippen molar-refractivity contribution >= 4 is 23.2 Å². The third-order valence-electron chi connectivity index (χ3n) is 4.88. The van der Waals surface area contributed by atoms with Gasteiger partial charge in [0.1, 0.15) is 0 Å². The van der Waals surface area contributed by atoms with Gasteiger partial charge < -0.3 is 15.0 Å². The molecule has 2 amide bonds. The van der Waals surface area contributed by atoms with Crippen LogP contribution in [-0.2, 0) is 9.53 Å². The van der Waals surface area contributed by atoms with Gasteiger partial charge in [-0.2, -0.15) is 0 Å². The van der Waals surface area contributed by atoms with Crippen molar-refractivity contribution in [2.75, 3.05) is 19.7 Å². The van der Waals surface area contributed by atoms with Crippen molar-refractivity contribution in [2.45, 2.75) is 44.2 Å². The topological polar surface area (TPSA) is 58.6 Å². The molecule has 0 bridgehead atoms. The van der Waals surface area contributed by atoms with E-state index in [4.69, 9.17) is 4.74 Å². The van der Waals surface area contributed by atoms with Gasteiger partial charge in [0.15, 0.2) is 0 Å². The Morgan fingerprint density at radius 1 is 1.35 bits per heavy atom. The van der Waals surface area contributed by atoms with Crippen LogP contribution in [0.2, 0.25) is 0 Å². The van der Waals surface area contributed by atoms with Gasteiger partial charge in [-0.05, 0) is 37.8 Å².